The quantitative estimate of drug-likeness (QED) is 0.387. The topological polar surface area (TPSA) is 80.2 Å². The van der Waals surface area contributed by atoms with Crippen molar-refractivity contribution in [3.8, 4) is 5.75 Å². The van der Waals surface area contributed by atoms with Crippen LogP contribution in [0.15, 0.2) is 61.6 Å². The molecule has 0 bridgehead atoms. The Kier molecular flexibility index (Phi) is 5.93. The average Bonchev–Trinajstić information content (AvgIpc) is 3.22. The molecule has 1 aliphatic heterocycles. The smallest absolute Gasteiger partial charge is 0.246 e. The van der Waals surface area contributed by atoms with Gasteiger partial charge in [0.05, 0.1) is 22.6 Å². The second kappa shape index (κ2) is 9.17. The van der Waals surface area contributed by atoms with E-state index >= 15 is 0 Å². The van der Waals surface area contributed by atoms with Crippen LogP contribution in [0.3, 0.4) is 0 Å². The van der Waals surface area contributed by atoms with Crippen molar-refractivity contribution >= 4 is 50.6 Å². The van der Waals surface area contributed by atoms with Crippen molar-refractivity contribution in [2.24, 2.45) is 0 Å². The number of nitrogens with one attached hydrogen (secondary N) is 1. The molecule has 5 rings (SSSR count). The van der Waals surface area contributed by atoms with Gasteiger partial charge in [-0.25, -0.2) is 9.97 Å². The number of anilines is 2. The highest BCUT2D eigenvalue weighted by molar-refractivity contribution is 7.19. The minimum absolute atomic E-state index is 0.0532. The molecule has 0 spiro atoms. The monoisotopic (exact) mass is 477 g/mol. The van der Waals surface area contributed by atoms with Crippen molar-refractivity contribution in [3.05, 3.63) is 82.7 Å². The van der Waals surface area contributed by atoms with Crippen LogP contribution in [0, 0.1) is 0 Å². The zero-order valence-electron chi connectivity index (χ0n) is 17.6. The molecule has 0 atom stereocenters. The maximum atomic E-state index is 12.0. The van der Waals surface area contributed by atoms with Crippen LogP contribution in [0.1, 0.15) is 16.1 Å². The number of nitrogens with zero attached hydrogens (tertiary/aromatic N) is 4. The third-order valence-electron chi connectivity index (χ3n) is 5.42. The Morgan fingerprint density at radius 3 is 2.97 bits per heavy atom. The van der Waals surface area contributed by atoms with Crippen LogP contribution in [-0.2, 0) is 24.4 Å². The summed E-state index contributed by atoms with van der Waals surface area (Å²) in [5, 5.41) is 4.86. The number of thiophene rings is 1. The lowest BCUT2D eigenvalue weighted by molar-refractivity contribution is -0.126. The Hall–Kier alpha value is -3.49. The zero-order chi connectivity index (χ0) is 22.8. The Morgan fingerprint density at radius 2 is 2.18 bits per heavy atom. The molecular formula is C24H20ClN5O2S. The van der Waals surface area contributed by atoms with Gasteiger partial charge in [-0.05, 0) is 48.4 Å². The minimum Gasteiger partial charge on any atom is -0.486 e. The first kappa shape index (κ1) is 21.4. The molecule has 1 aromatic carbocycles. The number of amides is 1. The molecule has 0 fully saturated rings. The zero-order valence-corrected chi connectivity index (χ0v) is 19.2. The number of carbonyl (C=O) groups is 1. The maximum absolute atomic E-state index is 12.0. The summed E-state index contributed by atoms with van der Waals surface area (Å²) in [7, 11) is 0. The van der Waals surface area contributed by atoms with Crippen LogP contribution in [0.25, 0.3) is 10.2 Å². The van der Waals surface area contributed by atoms with Gasteiger partial charge in [-0.15, -0.1) is 11.3 Å². The first-order valence-corrected chi connectivity index (χ1v) is 11.6. The second-order valence-corrected chi connectivity index (χ2v) is 8.99. The molecule has 0 aliphatic carbocycles. The van der Waals surface area contributed by atoms with E-state index in [1.54, 1.807) is 28.8 Å². The summed E-state index contributed by atoms with van der Waals surface area (Å²) in [6.45, 7) is 5.14. The van der Waals surface area contributed by atoms with Crippen molar-refractivity contribution in [2.45, 2.75) is 19.6 Å². The molecule has 166 valence electrons. The van der Waals surface area contributed by atoms with Crippen molar-refractivity contribution < 1.29 is 9.53 Å². The number of pyridine rings is 1. The number of halogens is 1. The van der Waals surface area contributed by atoms with E-state index in [-0.39, 0.29) is 5.91 Å². The molecule has 1 N–H and O–H groups in total. The van der Waals surface area contributed by atoms with Gasteiger partial charge in [-0.1, -0.05) is 24.2 Å². The predicted molar refractivity (Wildman–Crippen MR) is 130 cm³/mol. The number of benzene rings is 1. The number of ether oxygens (including phenoxy) is 1. The normalized spacial score (nSPS) is 12.9. The van der Waals surface area contributed by atoms with Gasteiger partial charge in [-0.2, -0.15) is 0 Å². The van der Waals surface area contributed by atoms with Crippen molar-refractivity contribution in [3.63, 3.8) is 0 Å². The molecule has 1 aliphatic rings. The van der Waals surface area contributed by atoms with E-state index in [4.69, 9.17) is 16.3 Å². The van der Waals surface area contributed by atoms with E-state index in [1.807, 2.05) is 36.4 Å². The van der Waals surface area contributed by atoms with Gasteiger partial charge >= 0.3 is 0 Å². The van der Waals surface area contributed by atoms with Crippen LogP contribution >= 0.6 is 22.9 Å². The molecule has 4 heterocycles. The summed E-state index contributed by atoms with van der Waals surface area (Å²) in [6, 6.07) is 11.2. The highest BCUT2D eigenvalue weighted by Crippen LogP contribution is 2.38. The molecule has 3 aromatic heterocycles. The van der Waals surface area contributed by atoms with Crippen LogP contribution in [0.4, 0.5) is 11.5 Å². The molecule has 0 radical (unpaired) electrons. The van der Waals surface area contributed by atoms with Gasteiger partial charge in [0.1, 0.15) is 29.3 Å². The molecule has 33 heavy (non-hydrogen) atoms. The Morgan fingerprint density at radius 1 is 1.27 bits per heavy atom. The Labute approximate surface area is 199 Å². The van der Waals surface area contributed by atoms with Crippen molar-refractivity contribution in [1.29, 1.82) is 0 Å². The minimum atomic E-state index is -0.0532. The Bertz CT molecular complexity index is 1340. The largest absolute Gasteiger partial charge is 0.486 e. The van der Waals surface area contributed by atoms with E-state index in [0.29, 0.717) is 30.5 Å². The first-order chi connectivity index (χ1) is 16.1. The molecule has 0 saturated carbocycles. The van der Waals surface area contributed by atoms with Gasteiger partial charge in [0.15, 0.2) is 0 Å². The summed E-state index contributed by atoms with van der Waals surface area (Å²) >= 11 is 8.07. The number of hydrogen-bond donors (Lipinski definition) is 1. The number of rotatable bonds is 6. The summed E-state index contributed by atoms with van der Waals surface area (Å²) < 4.78 is 5.81. The summed E-state index contributed by atoms with van der Waals surface area (Å²) in [4.78, 5) is 29.1. The van der Waals surface area contributed by atoms with Gasteiger partial charge in [0, 0.05) is 23.3 Å². The summed E-state index contributed by atoms with van der Waals surface area (Å²) in [5.41, 5.74) is 2.81. The van der Waals surface area contributed by atoms with E-state index in [1.165, 1.54) is 11.6 Å². The fourth-order valence-electron chi connectivity index (χ4n) is 3.81. The molecule has 1 amide bonds. The van der Waals surface area contributed by atoms with Crippen molar-refractivity contribution in [1.82, 2.24) is 19.9 Å². The van der Waals surface area contributed by atoms with Gasteiger partial charge in [-0.3, -0.25) is 9.78 Å². The fourth-order valence-corrected chi connectivity index (χ4v) is 5.25. The second-order valence-electron chi connectivity index (χ2n) is 7.50. The fraction of sp³-hybridized carbons (Fsp3) is 0.167. The first-order valence-electron chi connectivity index (χ1n) is 10.4. The van der Waals surface area contributed by atoms with E-state index in [2.05, 4.69) is 26.8 Å². The third kappa shape index (κ3) is 4.40. The average molecular weight is 478 g/mol. The standard InChI is InChI=1S/C24H20ClN5O2S/c1-2-21(31)30-10-8-17-20(12-30)33-24-22(17)23(27-14-28-24)29-15-6-7-19(18(25)11-15)32-13-16-5-3-4-9-26-16/h2-7,9,11,14H,1,8,10,12-13H2,(H,27,28,29). The highest BCUT2D eigenvalue weighted by atomic mass is 35.5. The molecular weight excluding hydrogens is 458 g/mol. The lowest BCUT2D eigenvalue weighted by atomic mass is 10.0. The SMILES string of the molecule is C=CC(=O)N1CCc2c(sc3ncnc(Nc4ccc(OCc5ccccn5)c(Cl)c4)c23)C1. The number of aromatic nitrogens is 3. The number of fused-ring (bicyclic) bond motifs is 3. The molecule has 4 aromatic rings. The van der Waals surface area contributed by atoms with Crippen LogP contribution in [-0.4, -0.2) is 32.3 Å². The Balaban J connectivity index is 1.37. The summed E-state index contributed by atoms with van der Waals surface area (Å²) in [5.74, 6) is 1.25. The van der Waals surface area contributed by atoms with Crippen molar-refractivity contribution in [2.75, 3.05) is 11.9 Å². The maximum Gasteiger partial charge on any atom is 0.246 e. The highest BCUT2D eigenvalue weighted by Gasteiger charge is 2.25. The van der Waals surface area contributed by atoms with E-state index in [0.717, 1.165) is 38.7 Å². The lowest BCUT2D eigenvalue weighted by Gasteiger charge is -2.25. The predicted octanol–water partition coefficient (Wildman–Crippen LogP) is 5.13. The van der Waals surface area contributed by atoms with Gasteiger partial charge in [0.25, 0.3) is 0 Å². The lowest BCUT2D eigenvalue weighted by Crippen LogP contribution is -2.34. The molecule has 7 nitrogen and oxygen atoms in total. The van der Waals surface area contributed by atoms with Crippen LogP contribution in [0.2, 0.25) is 5.02 Å². The molecule has 0 saturated heterocycles. The third-order valence-corrected chi connectivity index (χ3v) is 6.84. The molecule has 9 heteroatoms. The van der Waals surface area contributed by atoms with E-state index < -0.39 is 0 Å². The van der Waals surface area contributed by atoms with Gasteiger partial charge < -0.3 is 15.0 Å². The van der Waals surface area contributed by atoms with E-state index in [9.17, 15) is 4.79 Å². The summed E-state index contributed by atoms with van der Waals surface area (Å²) in [6.07, 6.45) is 5.38. The number of hydrogen-bond acceptors (Lipinski definition) is 7. The molecule has 0 unspecified atom stereocenters. The van der Waals surface area contributed by atoms with Gasteiger partial charge in [0.2, 0.25) is 5.91 Å². The van der Waals surface area contributed by atoms with Crippen LogP contribution in [0.5, 0.6) is 5.75 Å². The van der Waals surface area contributed by atoms with Crippen LogP contribution < -0.4 is 10.1 Å². The number of carbonyl (C=O) groups excluding carboxylic acids is 1.